The molecule has 0 aliphatic carbocycles. The molecule has 0 saturated carbocycles. The molecule has 4 nitrogen and oxygen atoms in total. The van der Waals surface area contributed by atoms with Crippen LogP contribution in [0.3, 0.4) is 0 Å². The first kappa shape index (κ1) is 10.4. The van der Waals surface area contributed by atoms with Crippen LogP contribution in [0.25, 0.3) is 10.9 Å². The van der Waals surface area contributed by atoms with Gasteiger partial charge in [0.25, 0.3) is 0 Å². The summed E-state index contributed by atoms with van der Waals surface area (Å²) in [6.07, 6.45) is -0.763. The highest BCUT2D eigenvalue weighted by atomic mass is 32.1. The van der Waals surface area contributed by atoms with Crippen molar-refractivity contribution in [2.45, 2.75) is 13.3 Å². The number of rotatable bonds is 4. The maximum absolute atomic E-state index is 13.2. The van der Waals surface area contributed by atoms with Gasteiger partial charge in [0.15, 0.2) is 10.8 Å². The first-order valence-corrected chi connectivity index (χ1v) is 6.83. The zero-order valence-electron chi connectivity index (χ0n) is 13.9. The summed E-state index contributed by atoms with van der Waals surface area (Å²) in [5, 5.41) is 0.152. The van der Waals surface area contributed by atoms with Crippen LogP contribution in [0.4, 0.5) is 4.39 Å². The topological polar surface area (TPSA) is 62.8 Å². The fraction of sp³-hybridized carbons (Fsp3) is 0.133. The second-order valence-corrected chi connectivity index (χ2v) is 5.07. The molecule has 0 radical (unpaired) electrons. The van der Waals surface area contributed by atoms with Crippen molar-refractivity contribution in [2.75, 3.05) is 0 Å². The molecule has 2 heterocycles. The summed E-state index contributed by atoms with van der Waals surface area (Å²) in [6, 6.07) is 3.94. The first-order valence-electron chi connectivity index (χ1n) is 7.52. The third-order valence-electron chi connectivity index (χ3n) is 2.98. The number of ketones is 2. The van der Waals surface area contributed by atoms with E-state index in [1.807, 2.05) is 0 Å². The lowest BCUT2D eigenvalue weighted by Gasteiger charge is -1.95. The van der Waals surface area contributed by atoms with Gasteiger partial charge >= 0.3 is 0 Å². The summed E-state index contributed by atoms with van der Waals surface area (Å²) in [4.78, 5) is 31.2. The largest absolute Gasteiger partial charge is 0.360 e. The van der Waals surface area contributed by atoms with E-state index in [1.54, 1.807) is 0 Å². The SMILES string of the molecule is [2H]c1sc(C(=O)c2c[nH]c3cc(F)ccc23)nc1C(=O)C([2H])([2H])C. The molecule has 3 rings (SSSR count). The summed E-state index contributed by atoms with van der Waals surface area (Å²) < 4.78 is 35.8. The van der Waals surface area contributed by atoms with E-state index >= 15 is 0 Å². The average Bonchev–Trinajstić information content (AvgIpc) is 3.08. The van der Waals surface area contributed by atoms with Gasteiger partial charge in [-0.1, -0.05) is 6.92 Å². The molecule has 0 spiro atoms. The summed E-state index contributed by atoms with van der Waals surface area (Å²) in [6.45, 7) is 1.07. The van der Waals surface area contributed by atoms with Crippen molar-refractivity contribution in [3.05, 3.63) is 51.8 Å². The molecule has 0 aliphatic heterocycles. The molecule has 1 aromatic carbocycles. The van der Waals surface area contributed by atoms with Crippen LogP contribution in [-0.2, 0) is 0 Å². The molecule has 0 fully saturated rings. The molecule has 0 saturated heterocycles. The number of hydrogen-bond acceptors (Lipinski definition) is 4. The number of carbonyl (C=O) groups excluding carboxylic acids is 2. The minimum absolute atomic E-state index is 0.0853. The van der Waals surface area contributed by atoms with E-state index in [-0.39, 0.29) is 21.6 Å². The van der Waals surface area contributed by atoms with E-state index < -0.39 is 23.8 Å². The minimum Gasteiger partial charge on any atom is -0.360 e. The lowest BCUT2D eigenvalue weighted by molar-refractivity contribution is 0.0984. The molecule has 21 heavy (non-hydrogen) atoms. The summed E-state index contributed by atoms with van der Waals surface area (Å²) in [5.74, 6) is -1.89. The van der Waals surface area contributed by atoms with Gasteiger partial charge in [-0.3, -0.25) is 9.59 Å². The average molecular weight is 305 g/mol. The Morgan fingerprint density at radius 2 is 2.33 bits per heavy atom. The number of nitrogens with one attached hydrogen (secondary N) is 1. The van der Waals surface area contributed by atoms with Crippen LogP contribution in [-0.4, -0.2) is 21.5 Å². The highest BCUT2D eigenvalue weighted by Crippen LogP contribution is 2.23. The van der Waals surface area contributed by atoms with Crippen molar-refractivity contribution in [3.8, 4) is 0 Å². The van der Waals surface area contributed by atoms with Gasteiger partial charge in [0, 0.05) is 31.6 Å². The number of halogens is 1. The van der Waals surface area contributed by atoms with Gasteiger partial charge in [0.1, 0.15) is 11.5 Å². The van der Waals surface area contributed by atoms with E-state index in [0.29, 0.717) is 22.2 Å². The van der Waals surface area contributed by atoms with Gasteiger partial charge in [-0.15, -0.1) is 11.3 Å². The zero-order valence-corrected chi connectivity index (χ0v) is 11.7. The molecule has 106 valence electrons. The third-order valence-corrected chi connectivity index (χ3v) is 3.75. The number of H-pyrrole nitrogens is 1. The smallest absolute Gasteiger partial charge is 0.223 e. The molecular formula is C15H11FN2O2S. The number of hydrogen-bond donors (Lipinski definition) is 1. The molecule has 0 atom stereocenters. The molecule has 0 aliphatic rings. The lowest BCUT2D eigenvalue weighted by atomic mass is 10.1. The van der Waals surface area contributed by atoms with Crippen LogP contribution in [0.1, 0.15) is 43.3 Å². The van der Waals surface area contributed by atoms with Crippen LogP contribution in [0.2, 0.25) is 0 Å². The first-order chi connectivity index (χ1) is 11.2. The Balaban J connectivity index is 2.03. The van der Waals surface area contributed by atoms with Crippen molar-refractivity contribution in [2.24, 2.45) is 0 Å². The van der Waals surface area contributed by atoms with Gasteiger partial charge in [-0.25, -0.2) is 9.37 Å². The van der Waals surface area contributed by atoms with Gasteiger partial charge in [0.2, 0.25) is 5.78 Å². The number of nitrogens with zero attached hydrogens (tertiary/aromatic N) is 1. The molecule has 6 heteroatoms. The molecule has 1 N–H and O–H groups in total. The number of Topliss-reactive ketones (excluding diaryl/α,β-unsaturated/α-hetero) is 1. The number of benzene rings is 1. The van der Waals surface area contributed by atoms with E-state index in [1.165, 1.54) is 24.4 Å². The van der Waals surface area contributed by atoms with E-state index in [9.17, 15) is 14.0 Å². The van der Waals surface area contributed by atoms with Crippen molar-refractivity contribution < 1.29 is 18.1 Å². The normalized spacial score (nSPS) is 13.7. The Morgan fingerprint density at radius 3 is 3.10 bits per heavy atom. The van der Waals surface area contributed by atoms with Crippen LogP contribution in [0, 0.1) is 5.82 Å². The third kappa shape index (κ3) is 2.38. The molecular weight excluding hydrogens is 291 g/mol. The predicted molar refractivity (Wildman–Crippen MR) is 78.4 cm³/mol. The fourth-order valence-electron chi connectivity index (χ4n) is 1.96. The highest BCUT2D eigenvalue weighted by Gasteiger charge is 2.19. The quantitative estimate of drug-likeness (QED) is 0.749. The number of fused-ring (bicyclic) bond motifs is 1. The number of aromatic nitrogens is 2. The maximum Gasteiger partial charge on any atom is 0.223 e. The summed E-state index contributed by atoms with van der Waals surface area (Å²) >= 11 is 0.707. The highest BCUT2D eigenvalue weighted by molar-refractivity contribution is 7.12. The monoisotopic (exact) mass is 305 g/mol. The number of aromatic amines is 1. The molecule has 2 aromatic heterocycles. The van der Waals surface area contributed by atoms with Crippen molar-refractivity contribution >= 4 is 33.8 Å². The Hall–Kier alpha value is -2.34. The molecule has 3 aromatic rings. The minimum atomic E-state index is -2.18. The number of thiazole rings is 1. The summed E-state index contributed by atoms with van der Waals surface area (Å²) in [5.41, 5.74) is 0.334. The molecule has 0 unspecified atom stereocenters. The van der Waals surface area contributed by atoms with Gasteiger partial charge < -0.3 is 4.98 Å². The van der Waals surface area contributed by atoms with Crippen LogP contribution in [0.5, 0.6) is 0 Å². The zero-order chi connectivity index (χ0) is 17.6. The lowest BCUT2D eigenvalue weighted by Crippen LogP contribution is -2.02. The van der Waals surface area contributed by atoms with Gasteiger partial charge in [-0.05, 0) is 18.2 Å². The van der Waals surface area contributed by atoms with Crippen molar-refractivity contribution in [1.82, 2.24) is 9.97 Å². The van der Waals surface area contributed by atoms with E-state index in [4.69, 9.17) is 4.11 Å². The fourth-order valence-corrected chi connectivity index (χ4v) is 2.63. The Morgan fingerprint density at radius 1 is 1.52 bits per heavy atom. The second-order valence-electron chi connectivity index (χ2n) is 4.27. The predicted octanol–water partition coefficient (Wildman–Crippen LogP) is 3.59. The van der Waals surface area contributed by atoms with Crippen molar-refractivity contribution in [3.63, 3.8) is 0 Å². The summed E-state index contributed by atoms with van der Waals surface area (Å²) in [7, 11) is 0. The Kier molecular flexibility index (Phi) is 2.58. The van der Waals surface area contributed by atoms with Crippen LogP contribution in [0.15, 0.2) is 29.8 Å². The van der Waals surface area contributed by atoms with Gasteiger partial charge in [0.05, 0.1) is 6.93 Å². The van der Waals surface area contributed by atoms with E-state index in [0.717, 1.165) is 6.92 Å². The maximum atomic E-state index is 13.2. The number of carbonyl (C=O) groups is 2. The van der Waals surface area contributed by atoms with E-state index in [2.05, 4.69) is 9.97 Å². The Labute approximate surface area is 127 Å². The van der Waals surface area contributed by atoms with Crippen LogP contribution >= 0.6 is 11.3 Å². The Bertz CT molecular complexity index is 975. The standard InChI is InChI=1S/C15H11FN2O2S/c1-2-13(19)12-7-21-15(18-12)14(20)10-6-17-11-5-8(16)3-4-9(10)11/h3-7,17H,2H2,1H3/i2D2,7D. The van der Waals surface area contributed by atoms with Crippen LogP contribution < -0.4 is 0 Å². The van der Waals surface area contributed by atoms with Gasteiger partial charge in [-0.2, -0.15) is 0 Å². The second kappa shape index (κ2) is 5.21. The molecule has 0 bridgehead atoms. The molecule has 0 amide bonds. The van der Waals surface area contributed by atoms with Crippen molar-refractivity contribution in [1.29, 1.82) is 0 Å².